The molecule has 33 heavy (non-hydrogen) atoms. The first-order valence-electron chi connectivity index (χ1n) is 11.4. The highest BCUT2D eigenvalue weighted by molar-refractivity contribution is 8.34. The molecule has 0 saturated heterocycles. The first-order chi connectivity index (χ1) is 16.2. The molecule has 7 rings (SSSR count). The number of hydrogen-bond acceptors (Lipinski definition) is 1. The maximum absolute atomic E-state index is 5.10. The van der Waals surface area contributed by atoms with Crippen LogP contribution in [0.15, 0.2) is 124 Å². The number of benzene rings is 4. The molecule has 0 unspecified atom stereocenters. The second-order valence-corrected chi connectivity index (χ2v) is 12.9. The normalized spacial score (nSPS) is 17.0. The maximum Gasteiger partial charge on any atom is 0.146 e. The van der Waals surface area contributed by atoms with Gasteiger partial charge in [-0.15, -0.1) is 10.0 Å². The molecule has 1 aliphatic heterocycles. The van der Waals surface area contributed by atoms with Crippen molar-refractivity contribution in [1.29, 1.82) is 0 Å². The molecule has 0 N–H and O–H groups in total. The van der Waals surface area contributed by atoms with Gasteiger partial charge in [-0.2, -0.15) is 0 Å². The predicted molar refractivity (Wildman–Crippen MR) is 139 cm³/mol. The Morgan fingerprint density at radius 3 is 1.88 bits per heavy atom. The minimum absolute atomic E-state index is 0.138. The molecular weight excluding hydrogens is 420 g/mol. The van der Waals surface area contributed by atoms with E-state index in [0.29, 0.717) is 0 Å². The molecule has 2 aromatic heterocycles. The number of hydrogen-bond donors (Lipinski definition) is 0. The van der Waals surface area contributed by atoms with Crippen LogP contribution in [-0.4, -0.2) is 9.38 Å². The molecule has 3 heteroatoms. The van der Waals surface area contributed by atoms with Crippen molar-refractivity contribution < 1.29 is 0 Å². The van der Waals surface area contributed by atoms with Crippen molar-refractivity contribution in [3.05, 3.63) is 115 Å². The summed E-state index contributed by atoms with van der Waals surface area (Å²) in [6.07, 6.45) is 2.16. The first-order valence-corrected chi connectivity index (χ1v) is 13.0. The molecule has 6 aromatic rings. The molecule has 3 heterocycles. The van der Waals surface area contributed by atoms with E-state index >= 15 is 0 Å². The Hall–Kier alpha value is -3.56. The fraction of sp³-hybridized carbons (Fsp3) is 0.100. The molecule has 0 saturated carbocycles. The van der Waals surface area contributed by atoms with Crippen LogP contribution in [0.2, 0.25) is 0 Å². The first kappa shape index (κ1) is 19.0. The molecule has 0 radical (unpaired) electrons. The van der Waals surface area contributed by atoms with Gasteiger partial charge >= 0.3 is 0 Å². The molecule has 0 aliphatic carbocycles. The number of nitrogens with zero attached hydrogens (tertiary/aromatic N) is 2. The molecular formula is C30H24N2S. The van der Waals surface area contributed by atoms with E-state index in [1.165, 1.54) is 42.1 Å². The van der Waals surface area contributed by atoms with Gasteiger partial charge in [-0.1, -0.05) is 78.9 Å². The van der Waals surface area contributed by atoms with Crippen LogP contribution in [0.25, 0.3) is 27.3 Å². The van der Waals surface area contributed by atoms with Crippen molar-refractivity contribution in [3.8, 4) is 0 Å². The predicted octanol–water partition coefficient (Wildman–Crippen LogP) is 8.17. The van der Waals surface area contributed by atoms with Crippen LogP contribution < -0.4 is 0 Å². The third-order valence-corrected chi connectivity index (χ3v) is 12.0. The Morgan fingerprint density at radius 2 is 1.21 bits per heavy atom. The highest BCUT2D eigenvalue weighted by atomic mass is 32.3. The molecule has 0 bridgehead atoms. The number of aromatic nitrogens is 2. The lowest BCUT2D eigenvalue weighted by Crippen LogP contribution is -2.32. The van der Waals surface area contributed by atoms with E-state index < -0.39 is 10.0 Å². The average molecular weight is 445 g/mol. The zero-order valence-corrected chi connectivity index (χ0v) is 19.5. The molecule has 2 nitrogen and oxygen atoms in total. The smallest absolute Gasteiger partial charge is 0.146 e. The second-order valence-electron chi connectivity index (χ2n) is 9.25. The van der Waals surface area contributed by atoms with Crippen molar-refractivity contribution in [3.63, 3.8) is 0 Å². The lowest BCUT2D eigenvalue weighted by Gasteiger charge is -2.55. The zero-order chi connectivity index (χ0) is 22.2. The van der Waals surface area contributed by atoms with Gasteiger partial charge in [0.2, 0.25) is 0 Å². The van der Waals surface area contributed by atoms with Crippen molar-refractivity contribution >= 4 is 37.4 Å². The van der Waals surface area contributed by atoms with Crippen molar-refractivity contribution in [1.82, 2.24) is 9.38 Å². The monoisotopic (exact) mass is 444 g/mol. The topological polar surface area (TPSA) is 17.3 Å². The molecule has 0 spiro atoms. The van der Waals surface area contributed by atoms with Gasteiger partial charge in [0.05, 0.1) is 16.7 Å². The summed E-state index contributed by atoms with van der Waals surface area (Å²) in [4.78, 5) is 7.84. The maximum atomic E-state index is 5.10. The summed E-state index contributed by atoms with van der Waals surface area (Å²) in [5.74, 6) is 0. The van der Waals surface area contributed by atoms with Gasteiger partial charge < -0.3 is 0 Å². The standard InChI is InChI=1S/C30H24N2S/c1-30(2)26-19-11-18-24-23-16-9-10-17-25(23)29-31-20-27(32(29)28(24)26)33(30,21-12-5-3-6-13-21)22-14-7-4-8-15-22/h3-20H,1-2H3. The van der Waals surface area contributed by atoms with Crippen LogP contribution in [0.3, 0.4) is 0 Å². The highest BCUT2D eigenvalue weighted by Crippen LogP contribution is 2.80. The summed E-state index contributed by atoms with van der Waals surface area (Å²) < 4.78 is 2.34. The van der Waals surface area contributed by atoms with E-state index in [4.69, 9.17) is 4.98 Å². The minimum atomic E-state index is -1.67. The number of imidazole rings is 1. The SMILES string of the molecule is CC1(C)c2cccc3c4ccccc4c4ncc(n4c23)S1(c1ccccc1)c1ccccc1. The van der Waals surface area contributed by atoms with E-state index in [0.717, 1.165) is 5.65 Å². The molecule has 0 amide bonds. The van der Waals surface area contributed by atoms with E-state index in [-0.39, 0.29) is 4.75 Å². The van der Waals surface area contributed by atoms with Crippen LogP contribution in [0, 0.1) is 0 Å². The van der Waals surface area contributed by atoms with Crippen LogP contribution in [-0.2, 0) is 4.75 Å². The van der Waals surface area contributed by atoms with E-state index in [2.05, 4.69) is 128 Å². The highest BCUT2D eigenvalue weighted by Gasteiger charge is 2.51. The molecule has 4 aromatic carbocycles. The average Bonchev–Trinajstić information content (AvgIpc) is 3.31. The van der Waals surface area contributed by atoms with Crippen molar-refractivity contribution in [2.45, 2.75) is 33.4 Å². The summed E-state index contributed by atoms with van der Waals surface area (Å²) in [6, 6.07) is 37.8. The number of rotatable bonds is 2. The molecule has 160 valence electrons. The summed E-state index contributed by atoms with van der Waals surface area (Å²) in [5, 5.41) is 5.10. The Bertz CT molecular complexity index is 1640. The fourth-order valence-electron chi connectivity index (χ4n) is 6.00. The van der Waals surface area contributed by atoms with Gasteiger partial charge in [-0.05, 0) is 49.1 Å². The second kappa shape index (κ2) is 6.49. The lowest BCUT2D eigenvalue weighted by atomic mass is 9.96. The van der Waals surface area contributed by atoms with Crippen LogP contribution in [0.4, 0.5) is 0 Å². The van der Waals surface area contributed by atoms with E-state index in [1.807, 2.05) is 0 Å². The van der Waals surface area contributed by atoms with Crippen LogP contribution >= 0.6 is 10.0 Å². The number of para-hydroxylation sites is 1. The van der Waals surface area contributed by atoms with Gasteiger partial charge in [-0.3, -0.25) is 4.40 Å². The summed E-state index contributed by atoms with van der Waals surface area (Å²) in [7, 11) is -1.67. The van der Waals surface area contributed by atoms with Gasteiger partial charge in [0, 0.05) is 25.3 Å². The van der Waals surface area contributed by atoms with Gasteiger partial charge in [-0.25, -0.2) is 4.98 Å². The summed E-state index contributed by atoms with van der Waals surface area (Å²) in [6.45, 7) is 4.88. The Morgan fingerprint density at radius 1 is 0.636 bits per heavy atom. The minimum Gasteiger partial charge on any atom is -0.287 e. The Kier molecular flexibility index (Phi) is 3.73. The fourth-order valence-corrected chi connectivity index (χ4v) is 10.7. The zero-order valence-electron chi connectivity index (χ0n) is 18.7. The molecule has 1 aliphatic rings. The number of fused-ring (bicyclic) bond motifs is 3. The summed E-state index contributed by atoms with van der Waals surface area (Å²) in [5.41, 5.74) is 3.75. The summed E-state index contributed by atoms with van der Waals surface area (Å²) >= 11 is 0. The van der Waals surface area contributed by atoms with E-state index in [9.17, 15) is 0 Å². The Balaban J connectivity index is 1.80. The number of pyridine rings is 1. The molecule has 0 fully saturated rings. The third-order valence-electron chi connectivity index (χ3n) is 7.37. The van der Waals surface area contributed by atoms with Crippen molar-refractivity contribution in [2.75, 3.05) is 0 Å². The third kappa shape index (κ3) is 2.18. The van der Waals surface area contributed by atoms with E-state index in [1.54, 1.807) is 0 Å². The van der Waals surface area contributed by atoms with Crippen LogP contribution in [0.5, 0.6) is 0 Å². The van der Waals surface area contributed by atoms with Gasteiger partial charge in [0.1, 0.15) is 5.65 Å². The van der Waals surface area contributed by atoms with Gasteiger partial charge in [0.15, 0.2) is 0 Å². The lowest BCUT2D eigenvalue weighted by molar-refractivity contribution is 0.739. The largest absolute Gasteiger partial charge is 0.287 e. The quantitative estimate of drug-likeness (QED) is 0.246. The Labute approximate surface area is 194 Å². The van der Waals surface area contributed by atoms with Crippen LogP contribution in [0.1, 0.15) is 19.4 Å². The van der Waals surface area contributed by atoms with Gasteiger partial charge in [0.25, 0.3) is 0 Å². The van der Waals surface area contributed by atoms with Crippen molar-refractivity contribution in [2.24, 2.45) is 0 Å². The molecule has 0 atom stereocenters.